The van der Waals surface area contributed by atoms with Gasteiger partial charge in [0.05, 0.1) is 9.95 Å². The molecule has 1 atom stereocenters. The van der Waals surface area contributed by atoms with Crippen LogP contribution in [0, 0.1) is 10.1 Å². The van der Waals surface area contributed by atoms with Crippen molar-refractivity contribution in [1.82, 2.24) is 4.90 Å². The predicted octanol–water partition coefficient (Wildman–Crippen LogP) is 1.78. The second kappa shape index (κ2) is 5.00. The van der Waals surface area contributed by atoms with Crippen LogP contribution in [-0.2, 0) is 6.54 Å². The molecular weight excluding hydrogens is 242 g/mol. The van der Waals surface area contributed by atoms with Gasteiger partial charge in [-0.25, -0.2) is 0 Å². The monoisotopic (exact) mass is 255 g/mol. The van der Waals surface area contributed by atoms with Crippen molar-refractivity contribution in [3.05, 3.63) is 38.9 Å². The lowest BCUT2D eigenvalue weighted by Crippen LogP contribution is -2.26. The smallest absolute Gasteiger partial charge is 0.270 e. The molecule has 6 heteroatoms. The van der Waals surface area contributed by atoms with Crippen LogP contribution in [0.15, 0.2) is 18.2 Å². The first-order valence-electron chi connectivity index (χ1n) is 5.47. The molecule has 92 valence electrons. The molecule has 2 N–H and O–H groups in total. The molecule has 0 bridgehead atoms. The summed E-state index contributed by atoms with van der Waals surface area (Å²) in [5.41, 5.74) is 6.75. The standard InChI is InChI=1S/C11H14ClN3O2/c12-11-5-10(15(16)17)2-1-8(11)6-14-4-3-9(13)7-14/h1-2,5,9H,3-4,6-7,13H2/t9-/m0/s1. The Balaban J connectivity index is 2.09. The Morgan fingerprint density at radius 3 is 2.88 bits per heavy atom. The van der Waals surface area contributed by atoms with Crippen molar-refractivity contribution in [2.75, 3.05) is 13.1 Å². The molecule has 1 aromatic carbocycles. The summed E-state index contributed by atoms with van der Waals surface area (Å²) in [5, 5.41) is 11.0. The first-order chi connectivity index (χ1) is 8.06. The van der Waals surface area contributed by atoms with Gasteiger partial charge >= 0.3 is 0 Å². The van der Waals surface area contributed by atoms with E-state index < -0.39 is 4.92 Å². The number of hydrogen-bond acceptors (Lipinski definition) is 4. The number of nitrogens with two attached hydrogens (primary N) is 1. The Kier molecular flexibility index (Phi) is 3.61. The van der Waals surface area contributed by atoms with Crippen LogP contribution in [0.3, 0.4) is 0 Å². The van der Waals surface area contributed by atoms with Gasteiger partial charge in [0.1, 0.15) is 0 Å². The van der Waals surface area contributed by atoms with Crippen LogP contribution >= 0.6 is 11.6 Å². The summed E-state index contributed by atoms with van der Waals surface area (Å²) in [6, 6.07) is 4.82. The Hall–Kier alpha value is -1.17. The van der Waals surface area contributed by atoms with Crippen molar-refractivity contribution in [3.8, 4) is 0 Å². The zero-order valence-electron chi connectivity index (χ0n) is 9.30. The van der Waals surface area contributed by atoms with E-state index in [9.17, 15) is 10.1 Å². The number of nitro groups is 1. The molecule has 0 radical (unpaired) electrons. The highest BCUT2D eigenvalue weighted by molar-refractivity contribution is 6.31. The lowest BCUT2D eigenvalue weighted by atomic mass is 10.2. The third-order valence-corrected chi connectivity index (χ3v) is 3.30. The van der Waals surface area contributed by atoms with Crippen molar-refractivity contribution in [2.45, 2.75) is 19.0 Å². The number of hydrogen-bond donors (Lipinski definition) is 1. The summed E-state index contributed by atoms with van der Waals surface area (Å²) in [5.74, 6) is 0. The van der Waals surface area contributed by atoms with Gasteiger partial charge in [-0.05, 0) is 18.1 Å². The van der Waals surface area contributed by atoms with E-state index >= 15 is 0 Å². The Morgan fingerprint density at radius 2 is 2.35 bits per heavy atom. The number of rotatable bonds is 3. The van der Waals surface area contributed by atoms with E-state index in [0.717, 1.165) is 25.1 Å². The predicted molar refractivity (Wildman–Crippen MR) is 66.0 cm³/mol. The number of non-ortho nitro benzene ring substituents is 1. The normalized spacial score (nSPS) is 20.7. The van der Waals surface area contributed by atoms with Crippen LogP contribution in [0.2, 0.25) is 5.02 Å². The first-order valence-corrected chi connectivity index (χ1v) is 5.85. The topological polar surface area (TPSA) is 72.4 Å². The summed E-state index contributed by atoms with van der Waals surface area (Å²) in [6.07, 6.45) is 0.991. The molecule has 0 amide bonds. The van der Waals surface area contributed by atoms with Gasteiger partial charge < -0.3 is 5.73 Å². The zero-order chi connectivity index (χ0) is 12.4. The van der Waals surface area contributed by atoms with Gasteiger partial charge in [0.25, 0.3) is 5.69 Å². The quantitative estimate of drug-likeness (QED) is 0.660. The largest absolute Gasteiger partial charge is 0.326 e. The maximum atomic E-state index is 10.6. The minimum atomic E-state index is -0.443. The van der Waals surface area contributed by atoms with E-state index in [1.165, 1.54) is 12.1 Å². The third-order valence-electron chi connectivity index (χ3n) is 2.95. The fraction of sp³-hybridized carbons (Fsp3) is 0.455. The summed E-state index contributed by atoms with van der Waals surface area (Å²) in [7, 11) is 0. The molecule has 1 aromatic rings. The molecule has 1 heterocycles. The molecule has 1 aliphatic heterocycles. The van der Waals surface area contributed by atoms with Crippen LogP contribution in [0.4, 0.5) is 5.69 Å². The van der Waals surface area contributed by atoms with Gasteiger partial charge in [0, 0.05) is 37.8 Å². The highest BCUT2D eigenvalue weighted by atomic mass is 35.5. The van der Waals surface area contributed by atoms with Crippen LogP contribution in [0.1, 0.15) is 12.0 Å². The fourth-order valence-corrected chi connectivity index (χ4v) is 2.26. The van der Waals surface area contributed by atoms with E-state index in [1.54, 1.807) is 6.07 Å². The van der Waals surface area contributed by atoms with Crippen LogP contribution < -0.4 is 5.73 Å². The van der Waals surface area contributed by atoms with Crippen molar-refractivity contribution < 1.29 is 4.92 Å². The molecule has 17 heavy (non-hydrogen) atoms. The Bertz CT molecular complexity index is 439. The van der Waals surface area contributed by atoms with Crippen LogP contribution in [-0.4, -0.2) is 29.0 Å². The molecule has 0 unspecified atom stereocenters. The highest BCUT2D eigenvalue weighted by Gasteiger charge is 2.20. The molecule has 5 nitrogen and oxygen atoms in total. The molecule has 2 rings (SSSR count). The maximum absolute atomic E-state index is 10.6. The molecule has 0 spiro atoms. The molecule has 1 fully saturated rings. The second-order valence-corrected chi connectivity index (χ2v) is 4.72. The molecule has 1 aliphatic rings. The van der Waals surface area contributed by atoms with E-state index in [4.69, 9.17) is 17.3 Å². The van der Waals surface area contributed by atoms with E-state index in [1.807, 2.05) is 0 Å². The Labute approximate surface area is 104 Å². The number of likely N-dealkylation sites (tertiary alicyclic amines) is 1. The average molecular weight is 256 g/mol. The SMILES string of the molecule is N[C@H]1CCN(Cc2ccc([N+](=O)[O-])cc2Cl)C1. The van der Waals surface area contributed by atoms with Crippen molar-refractivity contribution in [3.63, 3.8) is 0 Å². The second-order valence-electron chi connectivity index (χ2n) is 4.32. The first kappa shape index (κ1) is 12.3. The minimum Gasteiger partial charge on any atom is -0.326 e. The number of halogens is 1. The highest BCUT2D eigenvalue weighted by Crippen LogP contribution is 2.24. The summed E-state index contributed by atoms with van der Waals surface area (Å²) in [6.45, 7) is 2.51. The third kappa shape index (κ3) is 2.94. The van der Waals surface area contributed by atoms with Crippen LogP contribution in [0.5, 0.6) is 0 Å². The van der Waals surface area contributed by atoms with Crippen molar-refractivity contribution in [1.29, 1.82) is 0 Å². The molecule has 0 aromatic heterocycles. The van der Waals surface area contributed by atoms with Crippen molar-refractivity contribution >= 4 is 17.3 Å². The Morgan fingerprint density at radius 1 is 1.59 bits per heavy atom. The van der Waals surface area contributed by atoms with E-state index in [-0.39, 0.29) is 11.7 Å². The van der Waals surface area contributed by atoms with Gasteiger partial charge in [-0.1, -0.05) is 11.6 Å². The van der Waals surface area contributed by atoms with Gasteiger partial charge in [0.2, 0.25) is 0 Å². The maximum Gasteiger partial charge on any atom is 0.270 e. The molecule has 1 saturated heterocycles. The van der Waals surface area contributed by atoms with Crippen molar-refractivity contribution in [2.24, 2.45) is 5.73 Å². The van der Waals surface area contributed by atoms with E-state index in [0.29, 0.717) is 11.6 Å². The fourth-order valence-electron chi connectivity index (χ4n) is 2.03. The zero-order valence-corrected chi connectivity index (χ0v) is 10.1. The van der Waals surface area contributed by atoms with Crippen LogP contribution in [0.25, 0.3) is 0 Å². The molecular formula is C11H14ClN3O2. The molecule has 0 aliphatic carbocycles. The molecule has 0 saturated carbocycles. The minimum absolute atomic E-state index is 0.0249. The number of benzene rings is 1. The lowest BCUT2D eigenvalue weighted by Gasteiger charge is -2.15. The van der Waals surface area contributed by atoms with Gasteiger partial charge in [-0.15, -0.1) is 0 Å². The summed E-state index contributed by atoms with van der Waals surface area (Å²) in [4.78, 5) is 12.3. The average Bonchev–Trinajstić information content (AvgIpc) is 2.67. The summed E-state index contributed by atoms with van der Waals surface area (Å²) >= 11 is 6.03. The summed E-state index contributed by atoms with van der Waals surface area (Å²) < 4.78 is 0. The van der Waals surface area contributed by atoms with Gasteiger partial charge in [0.15, 0.2) is 0 Å². The van der Waals surface area contributed by atoms with Gasteiger partial charge in [-0.3, -0.25) is 15.0 Å². The van der Waals surface area contributed by atoms with Gasteiger partial charge in [-0.2, -0.15) is 0 Å². The number of nitro benzene ring substituents is 1. The lowest BCUT2D eigenvalue weighted by molar-refractivity contribution is -0.384. The van der Waals surface area contributed by atoms with E-state index in [2.05, 4.69) is 4.90 Å². The number of nitrogens with zero attached hydrogens (tertiary/aromatic N) is 2.